The Hall–Kier alpha value is -1.87. The molecule has 130 valence electrons. The van der Waals surface area contributed by atoms with E-state index in [1.54, 1.807) is 48.5 Å². The van der Waals surface area contributed by atoms with Crippen LogP contribution in [0.3, 0.4) is 0 Å². The van der Waals surface area contributed by atoms with Gasteiger partial charge in [0, 0.05) is 18.1 Å². The van der Waals surface area contributed by atoms with Crippen LogP contribution in [-0.4, -0.2) is 27.4 Å². The number of nitriles is 1. The number of methoxy groups -OCH3 is 1. The lowest BCUT2D eigenvalue weighted by molar-refractivity contribution is 0.162. The minimum atomic E-state index is -3.67. The summed E-state index contributed by atoms with van der Waals surface area (Å²) in [5.41, 5.74) is 0.669. The maximum absolute atomic E-state index is 13.2. The van der Waals surface area contributed by atoms with Gasteiger partial charge < -0.3 is 4.74 Å². The van der Waals surface area contributed by atoms with Crippen LogP contribution in [0.25, 0.3) is 0 Å². The first kappa shape index (κ1) is 17.9. The minimum Gasteiger partial charge on any atom is -0.383 e. The summed E-state index contributed by atoms with van der Waals surface area (Å²) >= 11 is 5.93. The first-order chi connectivity index (χ1) is 11.9. The minimum absolute atomic E-state index is 0.0621. The van der Waals surface area contributed by atoms with Crippen LogP contribution in [0.4, 0.5) is 0 Å². The molecule has 0 N–H and O–H groups in total. The third kappa shape index (κ3) is 2.95. The molecule has 1 fully saturated rings. The first-order valence-electron chi connectivity index (χ1n) is 7.83. The van der Waals surface area contributed by atoms with Crippen LogP contribution in [0.5, 0.6) is 0 Å². The largest absolute Gasteiger partial charge is 0.383 e. The van der Waals surface area contributed by atoms with Gasteiger partial charge in [-0.05, 0) is 36.8 Å². The van der Waals surface area contributed by atoms with Crippen LogP contribution >= 0.6 is 11.6 Å². The molecular formula is C19H18ClNO3S. The summed E-state index contributed by atoms with van der Waals surface area (Å²) in [5, 5.41) is 9.51. The number of hydrogen-bond donors (Lipinski definition) is 0. The van der Waals surface area contributed by atoms with E-state index >= 15 is 0 Å². The van der Waals surface area contributed by atoms with E-state index in [1.165, 1.54) is 7.11 Å². The van der Waals surface area contributed by atoms with Crippen molar-refractivity contribution in [3.8, 4) is 6.07 Å². The number of ether oxygens (including phenoxy) is 1. The Balaban J connectivity index is 2.07. The van der Waals surface area contributed by atoms with Crippen LogP contribution in [0, 0.1) is 23.7 Å². The number of rotatable bonds is 5. The average Bonchev–Trinajstić information content (AvgIpc) is 3.26. The summed E-state index contributed by atoms with van der Waals surface area (Å²) in [4.78, 5) is 0.232. The number of halogens is 1. The molecule has 1 saturated carbocycles. The summed E-state index contributed by atoms with van der Waals surface area (Å²) in [7, 11) is -2.19. The number of nitrogens with zero attached hydrogens (tertiary/aromatic N) is 1. The number of benzene rings is 2. The molecule has 4 nitrogen and oxygen atoms in total. The normalized spacial score (nSPS) is 25.4. The van der Waals surface area contributed by atoms with Crippen molar-refractivity contribution in [2.24, 2.45) is 5.41 Å². The van der Waals surface area contributed by atoms with Crippen LogP contribution in [0.2, 0.25) is 5.02 Å². The Bertz CT molecular complexity index is 917. The maximum Gasteiger partial charge on any atom is 0.183 e. The Labute approximate surface area is 152 Å². The van der Waals surface area contributed by atoms with Crippen molar-refractivity contribution < 1.29 is 13.2 Å². The molecule has 2 aromatic rings. The molecule has 25 heavy (non-hydrogen) atoms. The smallest absolute Gasteiger partial charge is 0.183 e. The summed E-state index contributed by atoms with van der Waals surface area (Å²) in [6.45, 7) is 1.96. The highest BCUT2D eigenvalue weighted by atomic mass is 35.5. The highest BCUT2D eigenvalue weighted by molar-refractivity contribution is 7.92. The molecule has 3 rings (SSSR count). The fraction of sp³-hybridized carbons (Fsp3) is 0.316. The topological polar surface area (TPSA) is 67.2 Å². The zero-order valence-electron chi connectivity index (χ0n) is 13.9. The van der Waals surface area contributed by atoms with E-state index in [1.807, 2.05) is 6.92 Å². The highest BCUT2D eigenvalue weighted by Crippen LogP contribution is 2.63. The molecule has 2 aromatic carbocycles. The Morgan fingerprint density at radius 2 is 1.76 bits per heavy atom. The van der Waals surface area contributed by atoms with Crippen LogP contribution in [-0.2, 0) is 14.6 Å². The number of hydrogen-bond acceptors (Lipinski definition) is 4. The van der Waals surface area contributed by atoms with E-state index in [2.05, 4.69) is 6.07 Å². The molecular weight excluding hydrogens is 358 g/mol. The van der Waals surface area contributed by atoms with E-state index in [4.69, 9.17) is 16.3 Å². The zero-order valence-corrected chi connectivity index (χ0v) is 15.5. The molecule has 0 amide bonds. The van der Waals surface area contributed by atoms with Gasteiger partial charge in [-0.1, -0.05) is 41.4 Å². The fourth-order valence-corrected chi connectivity index (χ4v) is 5.89. The second kappa shape index (κ2) is 6.45. The molecule has 0 radical (unpaired) electrons. The van der Waals surface area contributed by atoms with Crippen molar-refractivity contribution in [1.29, 1.82) is 5.26 Å². The van der Waals surface area contributed by atoms with Crippen molar-refractivity contribution in [3.63, 3.8) is 0 Å². The second-order valence-corrected chi connectivity index (χ2v) is 8.90. The lowest BCUT2D eigenvalue weighted by atomic mass is 10.0. The molecule has 1 aliphatic carbocycles. The van der Waals surface area contributed by atoms with Crippen LogP contribution in [0.1, 0.15) is 17.0 Å². The molecule has 0 unspecified atom stereocenters. The molecule has 1 aliphatic rings. The number of sulfone groups is 1. The van der Waals surface area contributed by atoms with Gasteiger partial charge in [-0.15, -0.1) is 0 Å². The standard InChI is InChI=1S/C19H18ClNO3S/c1-13-3-9-16(10-4-13)25(22,23)18-17(19(18,11-21)12-24-2)14-5-7-15(20)8-6-14/h3-10,17-18H,12H2,1-2H3/t17-,18-,19+/m0/s1. The molecule has 6 heteroatoms. The lowest BCUT2D eigenvalue weighted by Crippen LogP contribution is -2.19. The fourth-order valence-electron chi connectivity index (χ4n) is 3.45. The predicted molar refractivity (Wildman–Crippen MR) is 96.3 cm³/mol. The molecule has 0 aromatic heterocycles. The molecule has 0 aliphatic heterocycles. The quantitative estimate of drug-likeness (QED) is 0.798. The Morgan fingerprint density at radius 1 is 1.16 bits per heavy atom. The van der Waals surface area contributed by atoms with Gasteiger partial charge in [-0.3, -0.25) is 0 Å². The lowest BCUT2D eigenvalue weighted by Gasteiger charge is -2.08. The zero-order chi connectivity index (χ0) is 18.2. The SMILES string of the molecule is COC[C@]1(C#N)[C@@H](c2ccc(Cl)cc2)[C@@H]1S(=O)(=O)c1ccc(C)cc1. The van der Waals surface area contributed by atoms with Crippen LogP contribution in [0.15, 0.2) is 53.4 Å². The van der Waals surface area contributed by atoms with Gasteiger partial charge in [-0.25, -0.2) is 8.42 Å². The van der Waals surface area contributed by atoms with E-state index in [0.29, 0.717) is 5.02 Å². The summed E-state index contributed by atoms with van der Waals surface area (Å²) in [5.74, 6) is -0.444. The van der Waals surface area contributed by atoms with Gasteiger partial charge in [-0.2, -0.15) is 5.26 Å². The van der Waals surface area contributed by atoms with Gasteiger partial charge >= 0.3 is 0 Å². The van der Waals surface area contributed by atoms with Gasteiger partial charge in [0.15, 0.2) is 9.84 Å². The summed E-state index contributed by atoms with van der Waals surface area (Å²) in [6.07, 6.45) is 0. The highest BCUT2D eigenvalue weighted by Gasteiger charge is 2.72. The molecule has 0 saturated heterocycles. The van der Waals surface area contributed by atoms with Crippen molar-refractivity contribution in [1.82, 2.24) is 0 Å². The molecule has 3 atom stereocenters. The molecule has 0 spiro atoms. The van der Waals surface area contributed by atoms with E-state index in [-0.39, 0.29) is 11.5 Å². The van der Waals surface area contributed by atoms with Crippen LogP contribution < -0.4 is 0 Å². The molecule has 0 bridgehead atoms. The Kier molecular flexibility index (Phi) is 4.63. The predicted octanol–water partition coefficient (Wildman–Crippen LogP) is 3.74. The summed E-state index contributed by atoms with van der Waals surface area (Å²) < 4.78 is 31.5. The van der Waals surface area contributed by atoms with Gasteiger partial charge in [0.2, 0.25) is 0 Å². The third-order valence-corrected chi connectivity index (χ3v) is 7.30. The summed E-state index contributed by atoms with van der Waals surface area (Å²) in [6, 6.07) is 15.9. The van der Waals surface area contributed by atoms with E-state index in [0.717, 1.165) is 11.1 Å². The van der Waals surface area contributed by atoms with E-state index < -0.39 is 26.4 Å². The Morgan fingerprint density at radius 3 is 2.28 bits per heavy atom. The van der Waals surface area contributed by atoms with Crippen molar-refractivity contribution in [2.45, 2.75) is 23.0 Å². The number of aryl methyl sites for hydroxylation is 1. The first-order valence-corrected chi connectivity index (χ1v) is 9.75. The maximum atomic E-state index is 13.2. The van der Waals surface area contributed by atoms with E-state index in [9.17, 15) is 13.7 Å². The van der Waals surface area contributed by atoms with Gasteiger partial charge in [0.1, 0.15) is 5.41 Å². The third-order valence-electron chi connectivity index (χ3n) is 4.76. The van der Waals surface area contributed by atoms with Gasteiger partial charge in [0.25, 0.3) is 0 Å². The second-order valence-electron chi connectivity index (χ2n) is 6.39. The van der Waals surface area contributed by atoms with Crippen molar-refractivity contribution in [2.75, 3.05) is 13.7 Å². The van der Waals surface area contributed by atoms with Crippen molar-refractivity contribution >= 4 is 21.4 Å². The van der Waals surface area contributed by atoms with Gasteiger partial charge in [0.05, 0.1) is 22.8 Å². The average molecular weight is 376 g/mol. The molecule has 0 heterocycles. The monoisotopic (exact) mass is 375 g/mol. The van der Waals surface area contributed by atoms with Crippen molar-refractivity contribution in [3.05, 3.63) is 64.7 Å².